The highest BCUT2D eigenvalue weighted by molar-refractivity contribution is 9.10. The van der Waals surface area contributed by atoms with E-state index in [2.05, 4.69) is 26.2 Å². The molecule has 0 aliphatic carbocycles. The van der Waals surface area contributed by atoms with Gasteiger partial charge in [0.15, 0.2) is 16.6 Å². The fraction of sp³-hybridized carbons (Fsp3) is 0.0667. The van der Waals surface area contributed by atoms with Gasteiger partial charge in [-0.3, -0.25) is 4.99 Å². The average Bonchev–Trinajstić information content (AvgIpc) is 2.48. The largest absolute Gasteiger partial charge is 0.504 e. The lowest BCUT2D eigenvalue weighted by molar-refractivity contribution is 0.373. The second-order valence-corrected chi connectivity index (χ2v) is 5.70. The number of rotatable bonds is 4. The summed E-state index contributed by atoms with van der Waals surface area (Å²) in [5, 5.41) is 13.1. The van der Waals surface area contributed by atoms with Crippen LogP contribution < -0.4 is 15.8 Å². The molecule has 4 N–H and O–H groups in total. The topological polar surface area (TPSA) is 79.9 Å². The van der Waals surface area contributed by atoms with Crippen LogP contribution in [-0.2, 0) is 0 Å². The number of halogens is 1. The van der Waals surface area contributed by atoms with Crippen molar-refractivity contribution in [2.45, 2.75) is 0 Å². The molecule has 0 saturated carbocycles. The van der Waals surface area contributed by atoms with Crippen LogP contribution in [0.1, 0.15) is 5.56 Å². The number of phenols is 1. The molecule has 0 spiro atoms. The van der Waals surface area contributed by atoms with E-state index in [9.17, 15) is 5.11 Å². The van der Waals surface area contributed by atoms with Crippen LogP contribution in [0.15, 0.2) is 45.9 Å². The van der Waals surface area contributed by atoms with Gasteiger partial charge in [0, 0.05) is 21.9 Å². The van der Waals surface area contributed by atoms with Gasteiger partial charge in [-0.15, -0.1) is 0 Å². The van der Waals surface area contributed by atoms with Gasteiger partial charge in [0.25, 0.3) is 0 Å². The van der Waals surface area contributed by atoms with Crippen molar-refractivity contribution in [2.75, 3.05) is 12.4 Å². The molecule has 0 aliphatic rings. The highest BCUT2D eigenvalue weighted by Gasteiger charge is 2.08. The van der Waals surface area contributed by atoms with Crippen LogP contribution in [0.25, 0.3) is 0 Å². The van der Waals surface area contributed by atoms with Crippen molar-refractivity contribution >= 4 is 50.8 Å². The van der Waals surface area contributed by atoms with Crippen LogP contribution in [-0.4, -0.2) is 23.5 Å². The van der Waals surface area contributed by atoms with Gasteiger partial charge in [-0.25, -0.2) is 0 Å². The normalized spacial score (nSPS) is 10.6. The Morgan fingerprint density at radius 1 is 1.36 bits per heavy atom. The Bertz CT molecular complexity index is 717. The summed E-state index contributed by atoms with van der Waals surface area (Å²) in [7, 11) is 1.50. The zero-order valence-electron chi connectivity index (χ0n) is 11.7. The smallest absolute Gasteiger partial charge is 0.168 e. The predicted molar refractivity (Wildman–Crippen MR) is 96.5 cm³/mol. The first-order valence-electron chi connectivity index (χ1n) is 6.26. The fourth-order valence-electron chi connectivity index (χ4n) is 1.77. The summed E-state index contributed by atoms with van der Waals surface area (Å²) in [6.45, 7) is 0. The van der Waals surface area contributed by atoms with E-state index in [0.29, 0.717) is 11.3 Å². The molecule has 0 atom stereocenters. The third-order valence-corrected chi connectivity index (χ3v) is 3.34. The molecule has 0 heterocycles. The number of nitrogens with two attached hydrogens (primary N) is 1. The number of benzene rings is 2. The number of phenolic OH excluding ortho intramolecular Hbond substituents is 1. The molecule has 0 saturated heterocycles. The molecule has 0 bridgehead atoms. The lowest BCUT2D eigenvalue weighted by atomic mass is 10.2. The molecular weight excluding hydrogens is 366 g/mol. The summed E-state index contributed by atoms with van der Waals surface area (Å²) in [6.07, 6.45) is 1.57. The fourth-order valence-corrected chi connectivity index (χ4v) is 2.34. The lowest BCUT2D eigenvalue weighted by Gasteiger charge is -2.07. The number of anilines is 1. The molecule has 7 heteroatoms. The zero-order valence-corrected chi connectivity index (χ0v) is 14.1. The summed E-state index contributed by atoms with van der Waals surface area (Å²) in [6, 6.07) is 10.7. The van der Waals surface area contributed by atoms with Gasteiger partial charge in [0.1, 0.15) is 0 Å². The third kappa shape index (κ3) is 4.19. The quantitative estimate of drug-likeness (QED) is 0.558. The highest BCUT2D eigenvalue weighted by Crippen LogP contribution is 2.32. The summed E-state index contributed by atoms with van der Waals surface area (Å²) < 4.78 is 5.89. The lowest BCUT2D eigenvalue weighted by Crippen LogP contribution is -2.18. The molecule has 2 rings (SSSR count). The Morgan fingerprint density at radius 3 is 2.64 bits per heavy atom. The Kier molecular flexibility index (Phi) is 5.35. The minimum Gasteiger partial charge on any atom is -0.504 e. The molecular formula is C15H14BrN3O2S. The number of hydrogen-bond donors (Lipinski definition) is 3. The molecule has 0 aliphatic heterocycles. The molecule has 22 heavy (non-hydrogen) atoms. The summed E-state index contributed by atoms with van der Waals surface area (Å²) >= 11 is 8.13. The van der Waals surface area contributed by atoms with Gasteiger partial charge in [0.05, 0.1) is 12.8 Å². The van der Waals surface area contributed by atoms with Crippen molar-refractivity contribution in [3.05, 3.63) is 46.4 Å². The Balaban J connectivity index is 2.21. The molecule has 0 amide bonds. The van der Waals surface area contributed by atoms with Crippen molar-refractivity contribution < 1.29 is 9.84 Å². The number of ether oxygens (including phenoxy) is 1. The van der Waals surface area contributed by atoms with Crippen molar-refractivity contribution in [3.63, 3.8) is 0 Å². The highest BCUT2D eigenvalue weighted by atomic mass is 79.9. The minimum absolute atomic E-state index is 0.0428. The summed E-state index contributed by atoms with van der Waals surface area (Å²) in [5.41, 5.74) is 7.47. The van der Waals surface area contributed by atoms with Crippen molar-refractivity contribution in [1.82, 2.24) is 0 Å². The van der Waals surface area contributed by atoms with Gasteiger partial charge in [-0.1, -0.05) is 15.9 Å². The first-order valence-corrected chi connectivity index (χ1v) is 7.47. The van der Waals surface area contributed by atoms with Gasteiger partial charge in [-0.05, 0) is 48.6 Å². The van der Waals surface area contributed by atoms with Gasteiger partial charge in [-0.2, -0.15) is 0 Å². The van der Waals surface area contributed by atoms with Gasteiger partial charge < -0.3 is 20.9 Å². The summed E-state index contributed by atoms with van der Waals surface area (Å²) in [4.78, 5) is 4.32. The van der Waals surface area contributed by atoms with E-state index < -0.39 is 0 Å². The van der Waals surface area contributed by atoms with Gasteiger partial charge >= 0.3 is 0 Å². The summed E-state index contributed by atoms with van der Waals surface area (Å²) in [5.74, 6) is 0.424. The number of aliphatic imine (C=N–C) groups is 1. The van der Waals surface area contributed by atoms with E-state index in [1.165, 1.54) is 7.11 Å². The number of hydrogen-bond acceptors (Lipinski definition) is 4. The number of methoxy groups -OCH3 is 1. The average molecular weight is 380 g/mol. The molecule has 114 valence electrons. The maximum absolute atomic E-state index is 10.1. The van der Waals surface area contributed by atoms with Crippen molar-refractivity contribution in [1.29, 1.82) is 0 Å². The van der Waals surface area contributed by atoms with E-state index in [1.54, 1.807) is 18.3 Å². The molecule has 5 nitrogen and oxygen atoms in total. The molecule has 2 aromatic rings. The molecule has 0 fully saturated rings. The van der Waals surface area contributed by atoms with E-state index in [0.717, 1.165) is 15.8 Å². The Morgan fingerprint density at radius 2 is 2.05 bits per heavy atom. The third-order valence-electron chi connectivity index (χ3n) is 2.78. The second kappa shape index (κ2) is 7.24. The van der Waals surface area contributed by atoms with Crippen LogP contribution >= 0.6 is 28.1 Å². The molecule has 0 radical (unpaired) electrons. The molecule has 0 unspecified atom stereocenters. The van der Waals surface area contributed by atoms with Crippen LogP contribution in [0.5, 0.6) is 11.5 Å². The van der Waals surface area contributed by atoms with Crippen LogP contribution in [0.3, 0.4) is 0 Å². The van der Waals surface area contributed by atoms with Crippen LogP contribution in [0, 0.1) is 0 Å². The minimum atomic E-state index is 0.0428. The van der Waals surface area contributed by atoms with E-state index in [-0.39, 0.29) is 10.9 Å². The zero-order chi connectivity index (χ0) is 16.1. The number of aromatic hydroxyl groups is 1. The van der Waals surface area contributed by atoms with E-state index >= 15 is 0 Å². The predicted octanol–water partition coefficient (Wildman–Crippen LogP) is 3.57. The first kappa shape index (κ1) is 16.3. The van der Waals surface area contributed by atoms with E-state index in [1.807, 2.05) is 24.3 Å². The number of nitrogens with zero attached hydrogens (tertiary/aromatic N) is 1. The monoisotopic (exact) mass is 379 g/mol. The van der Waals surface area contributed by atoms with Crippen molar-refractivity contribution in [2.24, 2.45) is 10.7 Å². The number of thiocarbonyl (C=S) groups is 1. The molecule has 2 aromatic carbocycles. The van der Waals surface area contributed by atoms with Crippen LogP contribution in [0.4, 0.5) is 11.4 Å². The molecule has 0 aromatic heterocycles. The number of nitrogens with one attached hydrogen (secondary N) is 1. The second-order valence-electron chi connectivity index (χ2n) is 4.34. The van der Waals surface area contributed by atoms with E-state index in [4.69, 9.17) is 22.7 Å². The maximum atomic E-state index is 10.1. The van der Waals surface area contributed by atoms with Crippen LogP contribution in [0.2, 0.25) is 0 Å². The first-order chi connectivity index (χ1) is 10.5. The standard InChI is InChI=1S/C15H14BrN3O2S/c1-21-13-7-10(16)6-9(14(13)20)8-18-11-2-4-12(5-3-11)19-15(17)22/h2-8,20H,1H3,(H3,17,19,22). The maximum Gasteiger partial charge on any atom is 0.168 e. The van der Waals surface area contributed by atoms with Gasteiger partial charge in [0.2, 0.25) is 0 Å². The Labute approximate surface area is 142 Å². The SMILES string of the molecule is COc1cc(Br)cc(C=Nc2ccc(NC(N)=S)cc2)c1O. The Hall–Kier alpha value is -2.12. The van der Waals surface area contributed by atoms with Crippen molar-refractivity contribution in [3.8, 4) is 11.5 Å².